The monoisotopic (exact) mass is 284 g/mol. The highest BCUT2D eigenvalue weighted by atomic mass is 16.5. The fraction of sp³-hybridized carbons (Fsp3) is 0.400. The number of benzene rings is 1. The Morgan fingerprint density at radius 3 is 2.76 bits per heavy atom. The third-order valence-electron chi connectivity index (χ3n) is 3.41. The van der Waals surface area contributed by atoms with E-state index in [0.29, 0.717) is 22.7 Å². The van der Waals surface area contributed by atoms with E-state index in [4.69, 9.17) is 15.3 Å². The van der Waals surface area contributed by atoms with Gasteiger partial charge < -0.3 is 9.84 Å². The molecule has 21 heavy (non-hydrogen) atoms. The van der Waals surface area contributed by atoms with Crippen molar-refractivity contribution in [1.29, 1.82) is 10.5 Å². The summed E-state index contributed by atoms with van der Waals surface area (Å²) in [6.07, 6.45) is 0.899. The minimum absolute atomic E-state index is 0.396. The van der Waals surface area contributed by atoms with Gasteiger partial charge in [0.25, 0.3) is 0 Å². The van der Waals surface area contributed by atoms with E-state index >= 15 is 0 Å². The zero-order chi connectivity index (χ0) is 15.6. The summed E-state index contributed by atoms with van der Waals surface area (Å²) in [6, 6.07) is 6.48. The number of fused-ring (bicyclic) bond motifs is 1. The van der Waals surface area contributed by atoms with Gasteiger partial charge in [0.15, 0.2) is 6.19 Å². The number of aliphatic imine (C=N–C) groups is 1. The highest BCUT2D eigenvalue weighted by Crippen LogP contribution is 2.42. The number of nitriles is 2. The van der Waals surface area contributed by atoms with Crippen molar-refractivity contribution >= 4 is 5.84 Å². The van der Waals surface area contributed by atoms with Crippen molar-refractivity contribution in [1.82, 2.24) is 5.32 Å². The van der Waals surface area contributed by atoms with E-state index in [0.717, 1.165) is 0 Å². The first-order chi connectivity index (χ1) is 9.89. The molecule has 1 aromatic rings. The molecule has 1 aliphatic rings. The molecule has 108 valence electrons. The smallest absolute Gasteiger partial charge is 0.182 e. The maximum Gasteiger partial charge on any atom is 0.182 e. The Morgan fingerprint density at radius 2 is 2.14 bits per heavy atom. The van der Waals surface area contributed by atoms with Crippen LogP contribution in [0.4, 0.5) is 0 Å². The predicted octanol–water partition coefficient (Wildman–Crippen LogP) is 1.62. The Morgan fingerprint density at radius 1 is 1.43 bits per heavy atom. The van der Waals surface area contributed by atoms with Crippen LogP contribution >= 0.6 is 0 Å². The first kappa shape index (κ1) is 14.8. The summed E-state index contributed by atoms with van der Waals surface area (Å²) in [5.74, 6) is 0.982. The summed E-state index contributed by atoms with van der Waals surface area (Å²) in [4.78, 5) is 4.36. The van der Waals surface area contributed by atoms with Crippen LogP contribution in [-0.4, -0.2) is 22.6 Å². The molecule has 0 bridgehead atoms. The van der Waals surface area contributed by atoms with Gasteiger partial charge in [-0.3, -0.25) is 10.3 Å². The van der Waals surface area contributed by atoms with Crippen LogP contribution in [-0.2, 0) is 0 Å². The fourth-order valence-electron chi connectivity index (χ4n) is 2.30. The van der Waals surface area contributed by atoms with E-state index in [1.165, 1.54) is 0 Å². The van der Waals surface area contributed by atoms with Crippen molar-refractivity contribution in [2.75, 3.05) is 0 Å². The Labute approximate surface area is 123 Å². The zero-order valence-corrected chi connectivity index (χ0v) is 12.1. The van der Waals surface area contributed by atoms with Gasteiger partial charge in [-0.1, -0.05) is 0 Å². The van der Waals surface area contributed by atoms with Crippen molar-refractivity contribution < 1.29 is 9.84 Å². The van der Waals surface area contributed by atoms with Gasteiger partial charge in [-0.2, -0.15) is 10.5 Å². The zero-order valence-electron chi connectivity index (χ0n) is 12.1. The molecule has 0 saturated heterocycles. The first-order valence-corrected chi connectivity index (χ1v) is 6.49. The third kappa shape index (κ3) is 2.81. The van der Waals surface area contributed by atoms with Gasteiger partial charge in [0.1, 0.15) is 29.3 Å². The number of aliphatic hydroxyl groups is 1. The highest BCUT2D eigenvalue weighted by Gasteiger charge is 2.43. The number of rotatable bonds is 1. The highest BCUT2D eigenvalue weighted by molar-refractivity contribution is 5.81. The molecule has 0 radical (unpaired) electrons. The topological polar surface area (TPSA) is 101 Å². The summed E-state index contributed by atoms with van der Waals surface area (Å²) >= 11 is 0. The van der Waals surface area contributed by atoms with Crippen LogP contribution in [0.25, 0.3) is 0 Å². The maximum absolute atomic E-state index is 10.5. The maximum atomic E-state index is 10.5. The van der Waals surface area contributed by atoms with E-state index in [2.05, 4.69) is 16.4 Å². The van der Waals surface area contributed by atoms with Crippen LogP contribution < -0.4 is 10.1 Å². The second-order valence-electron chi connectivity index (χ2n) is 5.41. The van der Waals surface area contributed by atoms with Crippen molar-refractivity contribution in [3.8, 4) is 18.0 Å². The van der Waals surface area contributed by atoms with Gasteiger partial charge in [-0.15, -0.1) is 0 Å². The molecule has 0 amide bonds. The molecular weight excluding hydrogens is 268 g/mol. The van der Waals surface area contributed by atoms with E-state index in [9.17, 15) is 5.11 Å². The molecule has 6 heteroatoms. The Hall–Kier alpha value is -2.57. The molecule has 0 saturated carbocycles. The molecule has 2 atom stereocenters. The molecular formula is C15H16N4O2. The van der Waals surface area contributed by atoms with Crippen molar-refractivity contribution in [3.05, 3.63) is 29.3 Å². The van der Waals surface area contributed by atoms with E-state index in [1.54, 1.807) is 45.2 Å². The SMILES string of the molecule is CC(=N[C@@H]1c2cc(C#N)ccc2OC(C)(C)[C@H]1O)NC#N. The Bertz CT molecular complexity index is 667. The number of aliphatic hydroxyl groups excluding tert-OH is 1. The third-order valence-corrected chi connectivity index (χ3v) is 3.41. The van der Waals surface area contributed by atoms with Crippen LogP contribution in [0.3, 0.4) is 0 Å². The fourth-order valence-corrected chi connectivity index (χ4v) is 2.30. The number of nitrogens with zero attached hydrogens (tertiary/aromatic N) is 3. The summed E-state index contributed by atoms with van der Waals surface area (Å²) in [5, 5.41) is 30.6. The molecule has 2 rings (SSSR count). The summed E-state index contributed by atoms with van der Waals surface area (Å²) in [7, 11) is 0. The number of ether oxygens (including phenoxy) is 1. The number of nitrogens with one attached hydrogen (secondary N) is 1. The average molecular weight is 284 g/mol. The molecule has 0 aromatic heterocycles. The lowest BCUT2D eigenvalue weighted by atomic mass is 9.86. The molecule has 0 fully saturated rings. The van der Waals surface area contributed by atoms with Crippen LogP contribution in [0.2, 0.25) is 0 Å². The lowest BCUT2D eigenvalue weighted by molar-refractivity contribution is -0.0567. The minimum Gasteiger partial charge on any atom is -0.485 e. The van der Waals surface area contributed by atoms with Crippen LogP contribution in [0.5, 0.6) is 5.75 Å². The second kappa shape index (κ2) is 5.43. The van der Waals surface area contributed by atoms with Gasteiger partial charge >= 0.3 is 0 Å². The molecule has 2 N–H and O–H groups in total. The van der Waals surface area contributed by atoms with Gasteiger partial charge in [0, 0.05) is 5.56 Å². The number of hydrogen-bond donors (Lipinski definition) is 2. The molecule has 0 spiro atoms. The molecule has 1 aromatic carbocycles. The van der Waals surface area contributed by atoms with Crippen molar-refractivity contribution in [2.24, 2.45) is 4.99 Å². The predicted molar refractivity (Wildman–Crippen MR) is 76.5 cm³/mol. The summed E-state index contributed by atoms with van der Waals surface area (Å²) in [6.45, 7) is 5.19. The van der Waals surface area contributed by atoms with Gasteiger partial charge in [-0.25, -0.2) is 0 Å². The Balaban J connectivity index is 2.55. The summed E-state index contributed by atoms with van der Waals surface area (Å²) in [5.41, 5.74) is 0.290. The number of amidine groups is 1. The lowest BCUT2D eigenvalue weighted by Crippen LogP contribution is -2.48. The molecule has 0 aliphatic carbocycles. The normalized spacial score (nSPS) is 23.2. The van der Waals surface area contributed by atoms with Crippen LogP contribution in [0.15, 0.2) is 23.2 Å². The van der Waals surface area contributed by atoms with Crippen LogP contribution in [0, 0.1) is 22.8 Å². The largest absolute Gasteiger partial charge is 0.485 e. The van der Waals surface area contributed by atoms with Gasteiger partial charge in [0.05, 0.1) is 11.6 Å². The van der Waals surface area contributed by atoms with E-state index < -0.39 is 17.7 Å². The van der Waals surface area contributed by atoms with Crippen molar-refractivity contribution in [2.45, 2.75) is 38.5 Å². The molecule has 1 aliphatic heterocycles. The minimum atomic E-state index is -0.894. The molecule has 0 unspecified atom stereocenters. The first-order valence-electron chi connectivity index (χ1n) is 6.49. The number of hydrogen-bond acceptors (Lipinski definition) is 5. The average Bonchev–Trinajstić information content (AvgIpc) is 2.43. The second-order valence-corrected chi connectivity index (χ2v) is 5.41. The van der Waals surface area contributed by atoms with Crippen molar-refractivity contribution in [3.63, 3.8) is 0 Å². The van der Waals surface area contributed by atoms with E-state index in [1.807, 2.05) is 0 Å². The molecule has 1 heterocycles. The van der Waals surface area contributed by atoms with E-state index in [-0.39, 0.29) is 0 Å². The van der Waals surface area contributed by atoms with Crippen LogP contribution in [0.1, 0.15) is 37.9 Å². The van der Waals surface area contributed by atoms with Gasteiger partial charge in [-0.05, 0) is 39.0 Å². The standard InChI is InChI=1S/C15H16N4O2/c1-9(18-8-17)19-13-11-6-10(7-16)4-5-12(11)21-15(2,3)14(13)20/h4-6,13-14,20H,1-3H3,(H,18,19)/t13-,14+/m1/s1. The Kier molecular flexibility index (Phi) is 3.84. The van der Waals surface area contributed by atoms with Gasteiger partial charge in [0.2, 0.25) is 0 Å². The molecule has 6 nitrogen and oxygen atoms in total. The summed E-state index contributed by atoms with van der Waals surface area (Å²) < 4.78 is 5.79. The quantitative estimate of drug-likeness (QED) is 0.353. The lowest BCUT2D eigenvalue weighted by Gasteiger charge is -2.40.